The van der Waals surface area contributed by atoms with Gasteiger partial charge in [0.15, 0.2) is 0 Å². The predicted octanol–water partition coefficient (Wildman–Crippen LogP) is 2.12. The number of thiazole rings is 1. The number of rotatable bonds is 4. The van der Waals surface area contributed by atoms with Crippen LogP contribution in [0.3, 0.4) is 0 Å². The number of amides is 3. The highest BCUT2D eigenvalue weighted by molar-refractivity contribution is 7.09. The number of carbonyl (C=O) groups is 2. The van der Waals surface area contributed by atoms with Gasteiger partial charge in [-0.2, -0.15) is 0 Å². The number of aromatic nitrogens is 1. The van der Waals surface area contributed by atoms with E-state index in [0.29, 0.717) is 5.01 Å². The number of benzene rings is 1. The molecule has 1 aliphatic carbocycles. The maximum absolute atomic E-state index is 12.1. The zero-order valence-electron chi connectivity index (χ0n) is 12.5. The molecule has 1 heterocycles. The van der Waals surface area contributed by atoms with Gasteiger partial charge < -0.3 is 16.4 Å². The first-order valence-corrected chi connectivity index (χ1v) is 8.38. The average molecular weight is 330 g/mol. The lowest BCUT2D eigenvalue weighted by Crippen LogP contribution is -2.38. The molecule has 4 N–H and O–H groups in total. The number of hydrogen-bond acceptors (Lipinski definition) is 4. The number of urea groups is 1. The van der Waals surface area contributed by atoms with E-state index < -0.39 is 5.91 Å². The first kappa shape index (κ1) is 15.5. The number of fused-ring (bicyclic) bond motifs is 1. The van der Waals surface area contributed by atoms with E-state index >= 15 is 0 Å². The second kappa shape index (κ2) is 6.78. The lowest BCUT2D eigenvalue weighted by Gasteiger charge is -2.26. The van der Waals surface area contributed by atoms with Crippen molar-refractivity contribution in [3.05, 3.63) is 51.5 Å². The summed E-state index contributed by atoms with van der Waals surface area (Å²) in [5.74, 6) is -0.559. The molecule has 7 heteroatoms. The molecule has 120 valence electrons. The van der Waals surface area contributed by atoms with Crippen LogP contribution in [0.1, 0.15) is 45.5 Å². The van der Waals surface area contributed by atoms with E-state index in [1.54, 1.807) is 5.38 Å². The Morgan fingerprint density at radius 3 is 2.96 bits per heavy atom. The van der Waals surface area contributed by atoms with Gasteiger partial charge in [0.1, 0.15) is 10.7 Å². The normalized spacial score (nSPS) is 16.4. The summed E-state index contributed by atoms with van der Waals surface area (Å²) in [6.07, 6.45) is 3.06. The quantitative estimate of drug-likeness (QED) is 0.801. The highest BCUT2D eigenvalue weighted by Gasteiger charge is 2.21. The van der Waals surface area contributed by atoms with Crippen molar-refractivity contribution in [3.8, 4) is 0 Å². The van der Waals surface area contributed by atoms with E-state index in [1.165, 1.54) is 22.5 Å². The first-order chi connectivity index (χ1) is 11.1. The Morgan fingerprint density at radius 1 is 1.35 bits per heavy atom. The van der Waals surface area contributed by atoms with Crippen molar-refractivity contribution in [2.75, 3.05) is 0 Å². The summed E-state index contributed by atoms with van der Waals surface area (Å²) in [5, 5.41) is 8.03. The molecule has 3 rings (SSSR count). The number of aryl methyl sites for hydroxylation is 1. The first-order valence-electron chi connectivity index (χ1n) is 7.50. The summed E-state index contributed by atoms with van der Waals surface area (Å²) in [6, 6.07) is 8.01. The maximum Gasteiger partial charge on any atom is 0.315 e. The molecular formula is C16H18N4O2S. The fourth-order valence-corrected chi connectivity index (χ4v) is 3.50. The summed E-state index contributed by atoms with van der Waals surface area (Å²) in [5.41, 5.74) is 7.88. The summed E-state index contributed by atoms with van der Waals surface area (Å²) >= 11 is 1.30. The van der Waals surface area contributed by atoms with Crippen molar-refractivity contribution in [1.29, 1.82) is 0 Å². The molecule has 0 spiro atoms. The number of hydrogen-bond donors (Lipinski definition) is 3. The Labute approximate surface area is 138 Å². The number of carbonyl (C=O) groups excluding carboxylic acids is 2. The highest BCUT2D eigenvalue weighted by atomic mass is 32.1. The fraction of sp³-hybridized carbons (Fsp3) is 0.312. The van der Waals surface area contributed by atoms with Gasteiger partial charge >= 0.3 is 6.03 Å². The van der Waals surface area contributed by atoms with Crippen LogP contribution < -0.4 is 16.4 Å². The van der Waals surface area contributed by atoms with E-state index in [2.05, 4.69) is 27.8 Å². The zero-order chi connectivity index (χ0) is 16.2. The predicted molar refractivity (Wildman–Crippen MR) is 88.1 cm³/mol. The molecule has 1 aromatic heterocycles. The van der Waals surface area contributed by atoms with Gasteiger partial charge in [-0.25, -0.2) is 9.78 Å². The van der Waals surface area contributed by atoms with E-state index in [4.69, 9.17) is 5.73 Å². The third kappa shape index (κ3) is 3.68. The van der Waals surface area contributed by atoms with E-state index in [0.717, 1.165) is 19.3 Å². The number of nitrogens with one attached hydrogen (secondary N) is 2. The minimum absolute atomic E-state index is 0.0393. The minimum atomic E-state index is -0.559. The molecule has 23 heavy (non-hydrogen) atoms. The van der Waals surface area contributed by atoms with Crippen LogP contribution in [0.25, 0.3) is 0 Å². The molecule has 0 unspecified atom stereocenters. The largest absolute Gasteiger partial charge is 0.364 e. The monoisotopic (exact) mass is 330 g/mol. The lowest BCUT2D eigenvalue weighted by atomic mass is 9.88. The highest BCUT2D eigenvalue weighted by Crippen LogP contribution is 2.29. The summed E-state index contributed by atoms with van der Waals surface area (Å²) in [7, 11) is 0. The van der Waals surface area contributed by atoms with Gasteiger partial charge in [0.25, 0.3) is 5.91 Å². The maximum atomic E-state index is 12.1. The SMILES string of the molecule is NC(=O)c1csc(CNC(=O)N[C@@H]2CCCc3ccccc32)n1. The van der Waals surface area contributed by atoms with Crippen LogP contribution in [-0.2, 0) is 13.0 Å². The van der Waals surface area contributed by atoms with Crippen molar-refractivity contribution in [2.24, 2.45) is 5.73 Å². The molecule has 0 saturated heterocycles. The molecule has 3 amide bonds. The molecule has 0 radical (unpaired) electrons. The second-order valence-electron chi connectivity index (χ2n) is 5.46. The van der Waals surface area contributed by atoms with Gasteiger partial charge in [0.2, 0.25) is 0 Å². The summed E-state index contributed by atoms with van der Waals surface area (Å²) in [6.45, 7) is 0.276. The fourth-order valence-electron chi connectivity index (χ4n) is 2.77. The molecule has 1 atom stereocenters. The van der Waals surface area contributed by atoms with Crippen molar-refractivity contribution in [3.63, 3.8) is 0 Å². The smallest absolute Gasteiger partial charge is 0.315 e. The standard InChI is InChI=1S/C16H18N4O2S/c17-15(21)13-9-23-14(19-13)8-18-16(22)20-12-7-3-5-10-4-1-2-6-11(10)12/h1-2,4,6,9,12H,3,5,7-8H2,(H2,17,21)(H2,18,20,22)/t12-/m1/s1. The van der Waals surface area contributed by atoms with Crippen LogP contribution in [0, 0.1) is 0 Å². The number of nitrogens with zero attached hydrogens (tertiary/aromatic N) is 1. The van der Waals surface area contributed by atoms with Crippen molar-refractivity contribution >= 4 is 23.3 Å². The van der Waals surface area contributed by atoms with Gasteiger partial charge in [-0.3, -0.25) is 4.79 Å². The third-order valence-corrected chi connectivity index (χ3v) is 4.73. The molecule has 2 aromatic rings. The topological polar surface area (TPSA) is 97.1 Å². The van der Waals surface area contributed by atoms with Gasteiger partial charge in [-0.1, -0.05) is 24.3 Å². The Hall–Kier alpha value is -2.41. The Kier molecular flexibility index (Phi) is 4.57. The minimum Gasteiger partial charge on any atom is -0.364 e. The van der Waals surface area contributed by atoms with Gasteiger partial charge in [0, 0.05) is 5.38 Å². The van der Waals surface area contributed by atoms with E-state index in [9.17, 15) is 9.59 Å². The molecule has 0 fully saturated rings. The van der Waals surface area contributed by atoms with Gasteiger partial charge in [-0.15, -0.1) is 11.3 Å². The molecule has 1 aliphatic rings. The summed E-state index contributed by atoms with van der Waals surface area (Å²) < 4.78 is 0. The van der Waals surface area contributed by atoms with Crippen LogP contribution in [0.4, 0.5) is 4.79 Å². The molecular weight excluding hydrogens is 312 g/mol. The van der Waals surface area contributed by atoms with E-state index in [1.807, 2.05) is 12.1 Å². The Bertz CT molecular complexity index is 728. The summed E-state index contributed by atoms with van der Waals surface area (Å²) in [4.78, 5) is 27.2. The molecule has 1 aromatic carbocycles. The molecule has 0 saturated carbocycles. The van der Waals surface area contributed by atoms with Crippen LogP contribution in [-0.4, -0.2) is 16.9 Å². The average Bonchev–Trinajstić information content (AvgIpc) is 3.03. The van der Waals surface area contributed by atoms with Crippen LogP contribution in [0.15, 0.2) is 29.6 Å². The number of nitrogens with two attached hydrogens (primary N) is 1. The Morgan fingerprint density at radius 2 is 2.17 bits per heavy atom. The molecule has 6 nitrogen and oxygen atoms in total. The second-order valence-corrected chi connectivity index (χ2v) is 6.40. The number of primary amides is 1. The lowest BCUT2D eigenvalue weighted by molar-refractivity contribution is 0.0996. The van der Waals surface area contributed by atoms with Gasteiger partial charge in [0.05, 0.1) is 12.6 Å². The van der Waals surface area contributed by atoms with Gasteiger partial charge in [-0.05, 0) is 30.4 Å². The van der Waals surface area contributed by atoms with Crippen LogP contribution in [0.2, 0.25) is 0 Å². The Balaban J connectivity index is 1.56. The molecule has 0 aliphatic heterocycles. The van der Waals surface area contributed by atoms with Crippen molar-refractivity contribution < 1.29 is 9.59 Å². The zero-order valence-corrected chi connectivity index (χ0v) is 13.4. The van der Waals surface area contributed by atoms with Crippen molar-refractivity contribution in [2.45, 2.75) is 31.8 Å². The van der Waals surface area contributed by atoms with Crippen molar-refractivity contribution in [1.82, 2.24) is 15.6 Å². The third-order valence-electron chi connectivity index (χ3n) is 3.88. The molecule has 0 bridgehead atoms. The van der Waals surface area contributed by atoms with E-state index in [-0.39, 0.29) is 24.3 Å². The van der Waals surface area contributed by atoms with Crippen LogP contribution >= 0.6 is 11.3 Å². The van der Waals surface area contributed by atoms with Crippen LogP contribution in [0.5, 0.6) is 0 Å².